The Morgan fingerprint density at radius 1 is 1.25 bits per heavy atom. The van der Waals surface area contributed by atoms with Crippen LogP contribution < -0.4 is 0 Å². The normalized spacial score (nSPS) is 13.6. The van der Waals surface area contributed by atoms with Gasteiger partial charge in [0.2, 0.25) is 0 Å². The average Bonchev–Trinajstić information content (AvgIpc) is 3.08. The molecular formula is C21H20F3N5O2S. The molecule has 0 aromatic carbocycles. The van der Waals surface area contributed by atoms with E-state index in [1.807, 2.05) is 13.0 Å². The molecule has 1 unspecified atom stereocenters. The van der Waals surface area contributed by atoms with Crippen molar-refractivity contribution < 1.29 is 22.7 Å². The lowest BCUT2D eigenvalue weighted by molar-refractivity contribution is -0.147. The average molecular weight is 463 g/mol. The molecule has 168 valence electrons. The molecule has 3 rings (SSSR count). The van der Waals surface area contributed by atoms with Crippen LogP contribution in [0.15, 0.2) is 29.4 Å². The van der Waals surface area contributed by atoms with E-state index in [9.17, 15) is 23.2 Å². The number of esters is 1. The van der Waals surface area contributed by atoms with Gasteiger partial charge in [0.05, 0.1) is 29.9 Å². The summed E-state index contributed by atoms with van der Waals surface area (Å²) < 4.78 is 45.8. The molecule has 3 heterocycles. The van der Waals surface area contributed by atoms with Crippen LogP contribution in [0, 0.1) is 11.3 Å². The molecule has 3 aromatic heterocycles. The van der Waals surface area contributed by atoms with Crippen LogP contribution in [-0.4, -0.2) is 37.8 Å². The van der Waals surface area contributed by atoms with Gasteiger partial charge >= 0.3 is 12.1 Å². The lowest BCUT2D eigenvalue weighted by atomic mass is 9.85. The van der Waals surface area contributed by atoms with Crippen molar-refractivity contribution in [2.24, 2.45) is 7.05 Å². The number of aryl methyl sites for hydroxylation is 1. The van der Waals surface area contributed by atoms with Crippen LogP contribution in [0.3, 0.4) is 0 Å². The van der Waals surface area contributed by atoms with Gasteiger partial charge in [-0.2, -0.15) is 18.4 Å². The molecule has 0 fully saturated rings. The predicted octanol–water partition coefficient (Wildman–Crippen LogP) is 4.51. The van der Waals surface area contributed by atoms with E-state index in [1.165, 1.54) is 24.9 Å². The smallest absolute Gasteiger partial charge is 0.433 e. The molecule has 0 radical (unpaired) electrons. The SMILES string of the molecule is CCOC(=O)C(C)(C#N)c1cnc(-c2nc3cc(C(F)(F)F)ncc3n2C)c(SCC)c1. The Bertz CT molecular complexity index is 1220. The molecule has 0 N–H and O–H groups in total. The van der Waals surface area contributed by atoms with Crippen LogP contribution in [0.1, 0.15) is 32.0 Å². The van der Waals surface area contributed by atoms with Crippen LogP contribution in [0.2, 0.25) is 0 Å². The van der Waals surface area contributed by atoms with E-state index in [1.54, 1.807) is 24.6 Å². The van der Waals surface area contributed by atoms with E-state index >= 15 is 0 Å². The first-order valence-electron chi connectivity index (χ1n) is 9.68. The van der Waals surface area contributed by atoms with Gasteiger partial charge in [0, 0.05) is 23.7 Å². The molecule has 11 heteroatoms. The summed E-state index contributed by atoms with van der Waals surface area (Å²) in [7, 11) is 1.66. The first-order chi connectivity index (χ1) is 15.1. The van der Waals surface area contributed by atoms with E-state index in [2.05, 4.69) is 15.0 Å². The minimum atomic E-state index is -4.58. The lowest BCUT2D eigenvalue weighted by Gasteiger charge is -2.21. The summed E-state index contributed by atoms with van der Waals surface area (Å²) in [6.45, 7) is 5.16. The summed E-state index contributed by atoms with van der Waals surface area (Å²) in [4.78, 5) is 25.4. The number of pyridine rings is 2. The number of alkyl halides is 3. The van der Waals surface area contributed by atoms with E-state index in [0.717, 1.165) is 12.3 Å². The van der Waals surface area contributed by atoms with Gasteiger partial charge in [-0.25, -0.2) is 14.8 Å². The van der Waals surface area contributed by atoms with Crippen LogP contribution in [0.4, 0.5) is 13.2 Å². The van der Waals surface area contributed by atoms with Gasteiger partial charge in [0.25, 0.3) is 0 Å². The van der Waals surface area contributed by atoms with Gasteiger partial charge in [0.1, 0.15) is 11.4 Å². The quantitative estimate of drug-likeness (QED) is 0.392. The summed E-state index contributed by atoms with van der Waals surface area (Å²) in [6, 6.07) is 4.57. The molecule has 0 aliphatic carbocycles. The topological polar surface area (TPSA) is 93.7 Å². The first kappa shape index (κ1) is 23.5. The zero-order valence-corrected chi connectivity index (χ0v) is 18.6. The van der Waals surface area contributed by atoms with E-state index < -0.39 is 23.3 Å². The Kier molecular flexibility index (Phi) is 6.46. The van der Waals surface area contributed by atoms with Crippen molar-refractivity contribution in [3.63, 3.8) is 0 Å². The summed E-state index contributed by atoms with van der Waals surface area (Å²) in [5.41, 5.74) is -1.24. The van der Waals surface area contributed by atoms with Crippen molar-refractivity contribution >= 4 is 28.8 Å². The number of hydrogen-bond acceptors (Lipinski definition) is 7. The minimum Gasteiger partial charge on any atom is -0.465 e. The van der Waals surface area contributed by atoms with Gasteiger partial charge < -0.3 is 9.30 Å². The van der Waals surface area contributed by atoms with E-state index in [-0.39, 0.29) is 12.1 Å². The monoisotopic (exact) mass is 463 g/mol. The number of thioether (sulfide) groups is 1. The summed E-state index contributed by atoms with van der Waals surface area (Å²) in [5, 5.41) is 9.67. The molecule has 0 amide bonds. The fraction of sp³-hybridized carbons (Fsp3) is 0.381. The highest BCUT2D eigenvalue weighted by Crippen LogP contribution is 2.36. The Labute approximate surface area is 186 Å². The number of halogens is 3. The number of fused-ring (bicyclic) bond motifs is 1. The molecule has 7 nitrogen and oxygen atoms in total. The second-order valence-electron chi connectivity index (χ2n) is 7.01. The molecule has 0 spiro atoms. The molecule has 3 aromatic rings. The van der Waals surface area contributed by atoms with Crippen molar-refractivity contribution in [1.29, 1.82) is 5.26 Å². The summed E-state index contributed by atoms with van der Waals surface area (Å²) in [5.74, 6) is 0.321. The standard InChI is InChI=1S/C21H20F3N5O2S/c1-5-31-19(30)20(3,11-25)12-7-15(32-6-2)17(27-9-12)18-28-13-8-16(21(22,23)24)26-10-14(13)29(18)4/h7-10H,5-6H2,1-4H3. The van der Waals surface area contributed by atoms with Crippen LogP contribution >= 0.6 is 11.8 Å². The Morgan fingerprint density at radius 3 is 2.56 bits per heavy atom. The van der Waals surface area contributed by atoms with Crippen molar-refractivity contribution in [1.82, 2.24) is 19.5 Å². The molecule has 0 aliphatic heterocycles. The van der Waals surface area contributed by atoms with Gasteiger partial charge in [0.15, 0.2) is 11.2 Å². The maximum Gasteiger partial charge on any atom is 0.433 e. The highest BCUT2D eigenvalue weighted by Gasteiger charge is 2.38. The third kappa shape index (κ3) is 4.14. The fourth-order valence-corrected chi connectivity index (χ4v) is 3.91. The van der Waals surface area contributed by atoms with Crippen LogP contribution in [0.5, 0.6) is 0 Å². The second-order valence-corrected chi connectivity index (χ2v) is 8.32. The molecule has 0 aliphatic rings. The number of nitriles is 1. The third-order valence-corrected chi connectivity index (χ3v) is 5.82. The summed E-state index contributed by atoms with van der Waals surface area (Å²) in [6.07, 6.45) is -2.05. The van der Waals surface area contributed by atoms with E-state index in [4.69, 9.17) is 4.74 Å². The zero-order valence-electron chi connectivity index (χ0n) is 17.8. The highest BCUT2D eigenvalue weighted by atomic mass is 32.2. The molecule has 0 bridgehead atoms. The Balaban J connectivity index is 2.16. The number of aromatic nitrogens is 4. The lowest BCUT2D eigenvalue weighted by Crippen LogP contribution is -2.33. The molecule has 0 saturated carbocycles. The number of carbonyl (C=O) groups is 1. The number of ether oxygens (including phenoxy) is 1. The largest absolute Gasteiger partial charge is 0.465 e. The fourth-order valence-electron chi connectivity index (χ4n) is 3.11. The van der Waals surface area contributed by atoms with Gasteiger partial charge in [-0.05, 0) is 31.7 Å². The van der Waals surface area contributed by atoms with Crippen molar-refractivity contribution in [2.45, 2.75) is 37.3 Å². The molecule has 1 atom stereocenters. The first-order valence-corrected chi connectivity index (χ1v) is 10.7. The maximum absolute atomic E-state index is 13.0. The zero-order chi connectivity index (χ0) is 23.7. The van der Waals surface area contributed by atoms with Gasteiger partial charge in [-0.3, -0.25) is 4.98 Å². The van der Waals surface area contributed by atoms with Crippen molar-refractivity contribution in [2.75, 3.05) is 12.4 Å². The maximum atomic E-state index is 13.0. The van der Waals surface area contributed by atoms with E-state index in [0.29, 0.717) is 33.2 Å². The number of imidazole rings is 1. The second kappa shape index (κ2) is 8.78. The number of hydrogen-bond donors (Lipinski definition) is 0. The highest BCUT2D eigenvalue weighted by molar-refractivity contribution is 7.99. The molecular weight excluding hydrogens is 443 g/mol. The third-order valence-electron chi connectivity index (χ3n) is 4.91. The van der Waals surface area contributed by atoms with Crippen LogP contribution in [0.25, 0.3) is 22.6 Å². The van der Waals surface area contributed by atoms with Crippen molar-refractivity contribution in [3.8, 4) is 17.6 Å². The minimum absolute atomic E-state index is 0.131. The van der Waals surface area contributed by atoms with Crippen LogP contribution in [-0.2, 0) is 28.2 Å². The Morgan fingerprint density at radius 2 is 1.97 bits per heavy atom. The van der Waals surface area contributed by atoms with Gasteiger partial charge in [-0.1, -0.05) is 6.92 Å². The molecule has 0 saturated heterocycles. The Hall–Kier alpha value is -3.13. The predicted molar refractivity (Wildman–Crippen MR) is 113 cm³/mol. The summed E-state index contributed by atoms with van der Waals surface area (Å²) >= 11 is 1.42. The molecule has 32 heavy (non-hydrogen) atoms. The van der Waals surface area contributed by atoms with Crippen molar-refractivity contribution in [3.05, 3.63) is 35.8 Å². The van der Waals surface area contributed by atoms with Gasteiger partial charge in [-0.15, -0.1) is 11.8 Å². The number of carbonyl (C=O) groups excluding carboxylic acids is 1. The number of nitrogens with zero attached hydrogens (tertiary/aromatic N) is 5. The number of rotatable bonds is 6.